The molecule has 0 aromatic rings. The van der Waals surface area contributed by atoms with Crippen molar-refractivity contribution < 1.29 is 4.79 Å². The van der Waals surface area contributed by atoms with Crippen molar-refractivity contribution in [3.63, 3.8) is 0 Å². The zero-order valence-electron chi connectivity index (χ0n) is 7.05. The van der Waals surface area contributed by atoms with Gasteiger partial charge in [-0.1, -0.05) is 26.0 Å². The summed E-state index contributed by atoms with van der Waals surface area (Å²) in [4.78, 5) is 10.7. The average Bonchev–Trinajstić information content (AvgIpc) is 1.88. The monoisotopic (exact) mass is 140 g/mol. The van der Waals surface area contributed by atoms with Gasteiger partial charge in [0.25, 0.3) is 0 Å². The number of ketones is 1. The first-order chi connectivity index (χ1) is 4.68. The molecule has 0 saturated carbocycles. The zero-order chi connectivity index (χ0) is 7.98. The Bertz CT molecular complexity index is 125. The van der Waals surface area contributed by atoms with Crippen molar-refractivity contribution in [1.82, 2.24) is 0 Å². The maximum atomic E-state index is 10.7. The first-order valence-electron chi connectivity index (χ1n) is 3.84. The summed E-state index contributed by atoms with van der Waals surface area (Å²) in [5, 5.41) is 0. The van der Waals surface area contributed by atoms with Crippen LogP contribution in [0.15, 0.2) is 12.2 Å². The zero-order valence-corrected chi connectivity index (χ0v) is 7.05. The lowest BCUT2D eigenvalue weighted by Crippen LogP contribution is -2.03. The third kappa shape index (κ3) is 4.30. The maximum Gasteiger partial charge on any atom is 0.132 e. The fraction of sp³-hybridized carbons (Fsp3) is 0.667. The molecule has 0 saturated heterocycles. The number of hydrogen-bond acceptors (Lipinski definition) is 1. The molecule has 0 N–H and O–H groups in total. The van der Waals surface area contributed by atoms with Crippen LogP contribution < -0.4 is 0 Å². The summed E-state index contributed by atoms with van der Waals surface area (Å²) in [6, 6.07) is 0. The molecular formula is C9H16O. The van der Waals surface area contributed by atoms with Crippen LogP contribution in [-0.4, -0.2) is 5.78 Å². The van der Waals surface area contributed by atoms with Gasteiger partial charge in [0.2, 0.25) is 0 Å². The molecule has 0 heterocycles. The molecule has 0 aromatic carbocycles. The van der Waals surface area contributed by atoms with E-state index in [0.29, 0.717) is 0 Å². The third-order valence-electron chi connectivity index (χ3n) is 1.59. The summed E-state index contributed by atoms with van der Waals surface area (Å²) in [5.74, 6) is 0.476. The van der Waals surface area contributed by atoms with Crippen LogP contribution in [-0.2, 0) is 4.79 Å². The molecular weight excluding hydrogens is 124 g/mol. The van der Waals surface area contributed by atoms with Gasteiger partial charge >= 0.3 is 0 Å². The fourth-order valence-corrected chi connectivity index (χ4v) is 0.633. The van der Waals surface area contributed by atoms with Crippen LogP contribution >= 0.6 is 0 Å². The van der Waals surface area contributed by atoms with E-state index in [2.05, 4.69) is 19.1 Å². The highest BCUT2D eigenvalue weighted by molar-refractivity contribution is 5.77. The second-order valence-corrected chi connectivity index (χ2v) is 2.63. The average molecular weight is 140 g/mol. The number of carbonyl (C=O) groups is 1. The SMILES string of the molecule is CC/C=C\C[C@@H](C)C(C)=O. The van der Waals surface area contributed by atoms with Crippen molar-refractivity contribution in [1.29, 1.82) is 0 Å². The molecule has 0 spiro atoms. The smallest absolute Gasteiger partial charge is 0.132 e. The minimum absolute atomic E-state index is 0.197. The van der Waals surface area contributed by atoms with Crippen molar-refractivity contribution in [2.45, 2.75) is 33.6 Å². The minimum atomic E-state index is 0.197. The van der Waals surface area contributed by atoms with Crippen LogP contribution in [0.3, 0.4) is 0 Å². The van der Waals surface area contributed by atoms with Gasteiger partial charge in [0.1, 0.15) is 5.78 Å². The number of Topliss-reactive ketones (excluding diaryl/α,β-unsaturated/α-hetero) is 1. The lowest BCUT2D eigenvalue weighted by Gasteiger charge is -2.00. The number of carbonyl (C=O) groups excluding carboxylic acids is 1. The fourth-order valence-electron chi connectivity index (χ4n) is 0.633. The number of hydrogen-bond donors (Lipinski definition) is 0. The van der Waals surface area contributed by atoms with Crippen LogP contribution in [0, 0.1) is 5.92 Å². The van der Waals surface area contributed by atoms with E-state index in [-0.39, 0.29) is 11.7 Å². The van der Waals surface area contributed by atoms with Crippen molar-refractivity contribution in [3.8, 4) is 0 Å². The maximum absolute atomic E-state index is 10.7. The summed E-state index contributed by atoms with van der Waals surface area (Å²) >= 11 is 0. The van der Waals surface area contributed by atoms with E-state index in [1.165, 1.54) is 0 Å². The molecule has 10 heavy (non-hydrogen) atoms. The van der Waals surface area contributed by atoms with E-state index in [1.807, 2.05) is 6.92 Å². The Balaban J connectivity index is 3.48. The Labute approximate surface area is 63.1 Å². The predicted molar refractivity (Wildman–Crippen MR) is 43.9 cm³/mol. The Morgan fingerprint density at radius 1 is 1.50 bits per heavy atom. The van der Waals surface area contributed by atoms with Gasteiger partial charge in [-0.25, -0.2) is 0 Å². The first kappa shape index (κ1) is 9.41. The molecule has 0 rings (SSSR count). The molecule has 0 aliphatic rings. The largest absolute Gasteiger partial charge is 0.300 e. The van der Waals surface area contributed by atoms with Crippen molar-refractivity contribution in [3.05, 3.63) is 12.2 Å². The topological polar surface area (TPSA) is 17.1 Å². The molecule has 0 aliphatic carbocycles. The van der Waals surface area contributed by atoms with Gasteiger partial charge in [-0.05, 0) is 19.8 Å². The summed E-state index contributed by atoms with van der Waals surface area (Å²) in [5.41, 5.74) is 0. The normalized spacial score (nSPS) is 13.9. The summed E-state index contributed by atoms with van der Waals surface area (Å²) in [7, 11) is 0. The second-order valence-electron chi connectivity index (χ2n) is 2.63. The van der Waals surface area contributed by atoms with Crippen molar-refractivity contribution in [2.24, 2.45) is 5.92 Å². The lowest BCUT2D eigenvalue weighted by atomic mass is 10.0. The Morgan fingerprint density at radius 3 is 2.50 bits per heavy atom. The van der Waals surface area contributed by atoms with Crippen molar-refractivity contribution >= 4 is 5.78 Å². The van der Waals surface area contributed by atoms with Crippen LogP contribution in [0.1, 0.15) is 33.6 Å². The van der Waals surface area contributed by atoms with Gasteiger partial charge < -0.3 is 0 Å². The predicted octanol–water partition coefficient (Wildman–Crippen LogP) is 2.57. The second kappa shape index (κ2) is 5.21. The molecule has 0 aromatic heterocycles. The van der Waals surface area contributed by atoms with Crippen molar-refractivity contribution in [2.75, 3.05) is 0 Å². The number of allylic oxidation sites excluding steroid dienone is 2. The molecule has 0 radical (unpaired) electrons. The Kier molecular flexibility index (Phi) is 4.91. The van der Waals surface area contributed by atoms with Crippen LogP contribution in [0.25, 0.3) is 0 Å². The van der Waals surface area contributed by atoms with Gasteiger partial charge in [-0.15, -0.1) is 0 Å². The molecule has 0 unspecified atom stereocenters. The first-order valence-corrected chi connectivity index (χ1v) is 3.84. The van der Waals surface area contributed by atoms with E-state index < -0.39 is 0 Å². The van der Waals surface area contributed by atoms with Gasteiger partial charge in [-0.3, -0.25) is 4.79 Å². The standard InChI is InChI=1S/C9H16O/c1-4-5-6-7-8(2)9(3)10/h5-6,8H,4,7H2,1-3H3/b6-5-/t8-/m1/s1. The van der Waals surface area contributed by atoms with E-state index in [4.69, 9.17) is 0 Å². The van der Waals surface area contributed by atoms with Gasteiger partial charge in [0, 0.05) is 5.92 Å². The Morgan fingerprint density at radius 2 is 2.10 bits per heavy atom. The highest BCUT2D eigenvalue weighted by Crippen LogP contribution is 2.03. The van der Waals surface area contributed by atoms with E-state index >= 15 is 0 Å². The molecule has 0 bridgehead atoms. The highest BCUT2D eigenvalue weighted by atomic mass is 16.1. The quantitative estimate of drug-likeness (QED) is 0.548. The molecule has 1 heteroatoms. The molecule has 0 amide bonds. The number of rotatable bonds is 4. The van der Waals surface area contributed by atoms with E-state index in [9.17, 15) is 4.79 Å². The van der Waals surface area contributed by atoms with Gasteiger partial charge in [-0.2, -0.15) is 0 Å². The molecule has 58 valence electrons. The Hall–Kier alpha value is -0.590. The van der Waals surface area contributed by atoms with Gasteiger partial charge in [0.15, 0.2) is 0 Å². The summed E-state index contributed by atoms with van der Waals surface area (Å²) in [6.45, 7) is 5.70. The van der Waals surface area contributed by atoms with Crippen LogP contribution in [0.5, 0.6) is 0 Å². The van der Waals surface area contributed by atoms with Crippen LogP contribution in [0.4, 0.5) is 0 Å². The lowest BCUT2D eigenvalue weighted by molar-refractivity contribution is -0.120. The molecule has 0 aliphatic heterocycles. The highest BCUT2D eigenvalue weighted by Gasteiger charge is 2.03. The van der Waals surface area contributed by atoms with E-state index in [1.54, 1.807) is 6.92 Å². The van der Waals surface area contributed by atoms with Crippen LogP contribution in [0.2, 0.25) is 0 Å². The molecule has 1 nitrogen and oxygen atoms in total. The van der Waals surface area contributed by atoms with Gasteiger partial charge in [0.05, 0.1) is 0 Å². The third-order valence-corrected chi connectivity index (χ3v) is 1.59. The summed E-state index contributed by atoms with van der Waals surface area (Å²) in [6.07, 6.45) is 6.12. The minimum Gasteiger partial charge on any atom is -0.300 e. The van der Waals surface area contributed by atoms with E-state index in [0.717, 1.165) is 12.8 Å². The molecule has 1 atom stereocenters. The summed E-state index contributed by atoms with van der Waals surface area (Å²) < 4.78 is 0. The molecule has 0 fully saturated rings.